The molecule has 234 valence electrons. The molecule has 0 saturated heterocycles. The van der Waals surface area contributed by atoms with Gasteiger partial charge < -0.3 is 14.4 Å². The average Bonchev–Trinajstić information content (AvgIpc) is 3.26. The molecule has 1 aromatic rings. The zero-order valence-corrected chi connectivity index (χ0v) is 27.4. The normalized spacial score (nSPS) is 32.8. The first kappa shape index (κ1) is 32.1. The molecule has 5 rings (SSSR count). The number of benzene rings is 1. The van der Waals surface area contributed by atoms with Crippen LogP contribution < -0.4 is 4.90 Å². The number of alkyl halides is 2. The molecule has 0 radical (unpaired) electrons. The van der Waals surface area contributed by atoms with Crippen molar-refractivity contribution in [1.82, 2.24) is 0 Å². The molecule has 0 amide bonds. The van der Waals surface area contributed by atoms with E-state index in [-0.39, 0.29) is 35.0 Å². The molecule has 2 fully saturated rings. The molecule has 0 N–H and O–H groups in total. The number of hydrogen-bond acceptors (Lipinski definition) is 6. The summed E-state index contributed by atoms with van der Waals surface area (Å²) in [7, 11) is 0. The molecule has 2 saturated carbocycles. The smallest absolute Gasteiger partial charge is 0.315 e. The van der Waals surface area contributed by atoms with Crippen molar-refractivity contribution >= 4 is 46.6 Å². The number of ketones is 1. The van der Waals surface area contributed by atoms with Gasteiger partial charge in [-0.2, -0.15) is 0 Å². The van der Waals surface area contributed by atoms with E-state index in [4.69, 9.17) is 32.7 Å². The summed E-state index contributed by atoms with van der Waals surface area (Å²) in [6.07, 6.45) is 10.6. The predicted molar refractivity (Wildman–Crippen MR) is 170 cm³/mol. The number of Topliss-reactive ketones (excluding diaryl/α,β-unsaturated/α-hetero) is 1. The molecule has 4 aliphatic carbocycles. The van der Waals surface area contributed by atoms with Crippen LogP contribution in [0.1, 0.15) is 78.2 Å². The fraction of sp³-hybridized carbons (Fsp3) is 0.629. The highest BCUT2D eigenvalue weighted by Gasteiger charge is 2.67. The Hall–Kier alpha value is -2.31. The van der Waals surface area contributed by atoms with Crippen LogP contribution in [-0.2, 0) is 30.3 Å². The van der Waals surface area contributed by atoms with E-state index in [1.54, 1.807) is 6.92 Å². The highest BCUT2D eigenvalue weighted by atomic mass is 35.5. The van der Waals surface area contributed by atoms with Gasteiger partial charge in [0.25, 0.3) is 0 Å². The molecular formula is C35H45Cl2NO5. The number of esters is 2. The highest BCUT2D eigenvalue weighted by molar-refractivity contribution is 6.18. The lowest BCUT2D eigenvalue weighted by Gasteiger charge is -2.58. The minimum absolute atomic E-state index is 0.00315. The minimum Gasteiger partial charge on any atom is -0.451 e. The van der Waals surface area contributed by atoms with E-state index >= 15 is 0 Å². The summed E-state index contributed by atoms with van der Waals surface area (Å²) in [6.45, 7) is 8.99. The van der Waals surface area contributed by atoms with Gasteiger partial charge in [0.2, 0.25) is 0 Å². The molecule has 0 bridgehead atoms. The number of anilines is 1. The first-order chi connectivity index (χ1) is 20.5. The Morgan fingerprint density at radius 1 is 0.953 bits per heavy atom. The molecule has 0 spiro atoms. The standard InChI is InChI=1S/C35H45Cl2NO5/c1-23(39)35(43-24(2)40)16-13-31-29-10-7-26-22-28(11-14-33(26,3)30(29)12-15-34(31,35)4)42-32(41)21-25-5-8-27(9-6-25)38(19-17-36)20-18-37/h5-9,22,29-31H,10-21H2,1-4H3/t29-,30+,31+,33+,34+,35+/m1/s1. The predicted octanol–water partition coefficient (Wildman–Crippen LogP) is 7.40. The van der Waals surface area contributed by atoms with E-state index < -0.39 is 5.60 Å². The Labute approximate surface area is 266 Å². The van der Waals surface area contributed by atoms with Crippen molar-refractivity contribution < 1.29 is 23.9 Å². The second-order valence-electron chi connectivity index (χ2n) is 13.5. The molecule has 0 aromatic heterocycles. The zero-order valence-electron chi connectivity index (χ0n) is 25.9. The molecule has 8 heteroatoms. The fourth-order valence-corrected chi connectivity index (χ4v) is 9.60. The monoisotopic (exact) mass is 629 g/mol. The van der Waals surface area contributed by atoms with Crippen molar-refractivity contribution in [2.75, 3.05) is 29.7 Å². The summed E-state index contributed by atoms with van der Waals surface area (Å²) >= 11 is 11.9. The van der Waals surface area contributed by atoms with Gasteiger partial charge in [-0.3, -0.25) is 14.4 Å². The first-order valence-corrected chi connectivity index (χ1v) is 16.8. The van der Waals surface area contributed by atoms with Crippen LogP contribution in [0.4, 0.5) is 5.69 Å². The Morgan fingerprint density at radius 3 is 2.26 bits per heavy atom. The molecule has 0 heterocycles. The van der Waals surface area contributed by atoms with E-state index in [0.29, 0.717) is 49.0 Å². The quantitative estimate of drug-likeness (QED) is 0.198. The molecule has 0 aliphatic heterocycles. The Bertz CT molecular complexity index is 1300. The van der Waals surface area contributed by atoms with Crippen LogP contribution in [0.15, 0.2) is 47.7 Å². The maximum absolute atomic E-state index is 13.0. The van der Waals surface area contributed by atoms with Gasteiger partial charge >= 0.3 is 11.9 Å². The van der Waals surface area contributed by atoms with Gasteiger partial charge in [0.05, 0.1) is 6.42 Å². The van der Waals surface area contributed by atoms with Gasteiger partial charge in [-0.25, -0.2) is 0 Å². The lowest BCUT2D eigenvalue weighted by Crippen LogP contribution is -2.58. The van der Waals surface area contributed by atoms with Crippen molar-refractivity contribution in [3.05, 3.63) is 53.3 Å². The third-order valence-corrected chi connectivity index (χ3v) is 11.7. The van der Waals surface area contributed by atoms with Crippen LogP contribution in [0.25, 0.3) is 0 Å². The third-order valence-electron chi connectivity index (χ3n) is 11.3. The number of allylic oxidation sites excluding steroid dienone is 4. The number of carbonyl (C=O) groups excluding carboxylic acids is 3. The van der Waals surface area contributed by atoms with Crippen LogP contribution in [0.5, 0.6) is 0 Å². The summed E-state index contributed by atoms with van der Waals surface area (Å²) in [5.41, 5.74) is 1.85. The van der Waals surface area contributed by atoms with Gasteiger partial charge in [-0.1, -0.05) is 32.1 Å². The van der Waals surface area contributed by atoms with Gasteiger partial charge in [0, 0.05) is 49.3 Å². The van der Waals surface area contributed by atoms with Crippen LogP contribution >= 0.6 is 23.2 Å². The molecule has 1 aromatic carbocycles. The Balaban J connectivity index is 1.27. The topological polar surface area (TPSA) is 72.9 Å². The van der Waals surface area contributed by atoms with Gasteiger partial charge in [0.15, 0.2) is 11.4 Å². The molecular weight excluding hydrogens is 585 g/mol. The molecule has 6 nitrogen and oxygen atoms in total. The Kier molecular flexibility index (Phi) is 9.40. The van der Waals surface area contributed by atoms with Crippen LogP contribution in [-0.4, -0.2) is 48.2 Å². The van der Waals surface area contributed by atoms with Gasteiger partial charge in [0.1, 0.15) is 5.76 Å². The second-order valence-corrected chi connectivity index (χ2v) is 14.2. The number of carbonyl (C=O) groups is 3. The molecule has 4 aliphatic rings. The van der Waals surface area contributed by atoms with Crippen molar-refractivity contribution in [2.45, 2.75) is 84.7 Å². The summed E-state index contributed by atoms with van der Waals surface area (Å²) in [4.78, 5) is 40.2. The fourth-order valence-electron chi connectivity index (χ4n) is 9.19. The lowest BCUT2D eigenvalue weighted by atomic mass is 9.47. The maximum Gasteiger partial charge on any atom is 0.315 e. The number of ether oxygens (including phenoxy) is 2. The third kappa shape index (κ3) is 5.79. The minimum atomic E-state index is -1.01. The van der Waals surface area contributed by atoms with Crippen LogP contribution in [0.3, 0.4) is 0 Å². The largest absolute Gasteiger partial charge is 0.451 e. The number of rotatable bonds is 10. The van der Waals surface area contributed by atoms with Crippen molar-refractivity contribution in [2.24, 2.45) is 28.6 Å². The van der Waals surface area contributed by atoms with Gasteiger partial charge in [-0.15, -0.1) is 23.2 Å². The Morgan fingerprint density at radius 2 is 1.63 bits per heavy atom. The van der Waals surface area contributed by atoms with Crippen LogP contribution in [0, 0.1) is 28.6 Å². The maximum atomic E-state index is 13.0. The summed E-state index contributed by atoms with van der Waals surface area (Å²) in [6, 6.07) is 7.93. The number of fused-ring (bicyclic) bond motifs is 5. The zero-order chi connectivity index (χ0) is 31.0. The van der Waals surface area contributed by atoms with Gasteiger partial charge in [-0.05, 0) is 98.0 Å². The van der Waals surface area contributed by atoms with Crippen molar-refractivity contribution in [3.63, 3.8) is 0 Å². The first-order valence-electron chi connectivity index (χ1n) is 15.8. The highest BCUT2D eigenvalue weighted by Crippen LogP contribution is 2.67. The molecule has 0 unspecified atom stereocenters. The number of nitrogens with zero attached hydrogens (tertiary/aromatic N) is 1. The number of hydrogen-bond donors (Lipinski definition) is 0. The van der Waals surface area contributed by atoms with E-state index in [0.717, 1.165) is 55.5 Å². The molecule has 43 heavy (non-hydrogen) atoms. The second kappa shape index (κ2) is 12.6. The average molecular weight is 631 g/mol. The van der Waals surface area contributed by atoms with E-state index in [9.17, 15) is 14.4 Å². The van der Waals surface area contributed by atoms with E-state index in [2.05, 4.69) is 30.9 Å². The van der Waals surface area contributed by atoms with Crippen molar-refractivity contribution in [3.8, 4) is 0 Å². The van der Waals surface area contributed by atoms with E-state index in [1.165, 1.54) is 12.5 Å². The molecule has 6 atom stereocenters. The lowest BCUT2D eigenvalue weighted by molar-refractivity contribution is -0.186. The summed E-state index contributed by atoms with van der Waals surface area (Å²) < 4.78 is 11.8. The summed E-state index contributed by atoms with van der Waals surface area (Å²) in [5.74, 6) is 2.39. The van der Waals surface area contributed by atoms with E-state index in [1.807, 2.05) is 24.3 Å². The van der Waals surface area contributed by atoms with Crippen LogP contribution in [0.2, 0.25) is 0 Å². The van der Waals surface area contributed by atoms with Crippen molar-refractivity contribution in [1.29, 1.82) is 0 Å². The summed E-state index contributed by atoms with van der Waals surface area (Å²) in [5, 5.41) is 0. The SMILES string of the molecule is CC(=O)O[C@]1(C(C)=O)CC[C@H]2[C@@H]3CC=C4C=C(OC(=O)Cc5ccc(N(CCCl)CCCl)cc5)CC[C@]4(C)[C@H]3CC[C@@]21C. The number of halogens is 2.